The molecule has 17 heavy (non-hydrogen) atoms. The van der Waals surface area contributed by atoms with Crippen LogP contribution in [0.4, 0.5) is 5.82 Å². The van der Waals surface area contributed by atoms with Crippen LogP contribution in [0.15, 0.2) is 18.2 Å². The lowest BCUT2D eigenvalue weighted by atomic mass is 10.0. The first kappa shape index (κ1) is 10.6. The van der Waals surface area contributed by atoms with Crippen LogP contribution in [0.3, 0.4) is 0 Å². The molecule has 0 bridgehead atoms. The van der Waals surface area contributed by atoms with Crippen LogP contribution in [0.2, 0.25) is 0 Å². The number of rotatable bonds is 4. The maximum absolute atomic E-state index is 11.9. The number of amides is 1. The van der Waals surface area contributed by atoms with Crippen molar-refractivity contribution in [1.29, 1.82) is 0 Å². The standard InChI is InChI=1S/C13H17N3O/c14-11-3-1-2-10(16-11)12(17)15-8-13(6-7-13)9-4-5-9/h1-3,9H,4-8H2,(H2,14,16)(H,15,17). The molecule has 4 nitrogen and oxygen atoms in total. The van der Waals surface area contributed by atoms with Crippen molar-refractivity contribution in [3.05, 3.63) is 23.9 Å². The maximum Gasteiger partial charge on any atom is 0.269 e. The molecule has 2 aliphatic carbocycles. The first-order valence-electron chi connectivity index (χ1n) is 6.20. The zero-order valence-corrected chi connectivity index (χ0v) is 9.78. The quantitative estimate of drug-likeness (QED) is 0.826. The van der Waals surface area contributed by atoms with Gasteiger partial charge in [0.15, 0.2) is 0 Å². The second-order valence-corrected chi connectivity index (χ2v) is 5.27. The first-order chi connectivity index (χ1) is 8.20. The Morgan fingerprint density at radius 1 is 1.47 bits per heavy atom. The molecule has 0 radical (unpaired) electrons. The number of carbonyl (C=O) groups is 1. The van der Waals surface area contributed by atoms with E-state index in [1.807, 2.05) is 0 Å². The molecule has 3 rings (SSSR count). The van der Waals surface area contributed by atoms with Gasteiger partial charge >= 0.3 is 0 Å². The minimum absolute atomic E-state index is 0.107. The SMILES string of the molecule is Nc1cccc(C(=O)NCC2(C3CC3)CC2)n1. The van der Waals surface area contributed by atoms with E-state index in [-0.39, 0.29) is 5.91 Å². The number of nitrogen functional groups attached to an aromatic ring is 1. The molecule has 2 saturated carbocycles. The highest BCUT2D eigenvalue weighted by Gasteiger charge is 2.53. The van der Waals surface area contributed by atoms with Crippen LogP contribution in [0.25, 0.3) is 0 Å². The Bertz CT molecular complexity index is 450. The highest BCUT2D eigenvalue weighted by atomic mass is 16.1. The summed E-state index contributed by atoms with van der Waals surface area (Å²) >= 11 is 0. The number of nitrogens with two attached hydrogens (primary N) is 1. The smallest absolute Gasteiger partial charge is 0.269 e. The Labute approximate surface area is 101 Å². The molecule has 0 spiro atoms. The van der Waals surface area contributed by atoms with Crippen LogP contribution in [0, 0.1) is 11.3 Å². The number of hydrogen-bond donors (Lipinski definition) is 2. The molecule has 0 aromatic carbocycles. The van der Waals surface area contributed by atoms with Crippen LogP contribution in [0.5, 0.6) is 0 Å². The summed E-state index contributed by atoms with van der Waals surface area (Å²) in [5.74, 6) is 1.14. The third kappa shape index (κ3) is 2.12. The van der Waals surface area contributed by atoms with E-state index in [4.69, 9.17) is 5.73 Å². The van der Waals surface area contributed by atoms with Gasteiger partial charge in [0.25, 0.3) is 5.91 Å². The predicted octanol–water partition coefficient (Wildman–Crippen LogP) is 1.58. The molecular weight excluding hydrogens is 214 g/mol. The second-order valence-electron chi connectivity index (χ2n) is 5.27. The number of nitrogens with zero attached hydrogens (tertiary/aromatic N) is 1. The topological polar surface area (TPSA) is 68.0 Å². The van der Waals surface area contributed by atoms with Gasteiger partial charge in [-0.25, -0.2) is 4.98 Å². The third-order valence-electron chi connectivity index (χ3n) is 3.94. The summed E-state index contributed by atoms with van der Waals surface area (Å²) in [5.41, 5.74) is 6.40. The molecule has 0 unspecified atom stereocenters. The lowest BCUT2D eigenvalue weighted by molar-refractivity contribution is 0.0938. The van der Waals surface area contributed by atoms with Gasteiger partial charge in [0.2, 0.25) is 0 Å². The molecular formula is C13H17N3O. The van der Waals surface area contributed by atoms with Gasteiger partial charge < -0.3 is 11.1 Å². The van der Waals surface area contributed by atoms with E-state index in [0.717, 1.165) is 12.5 Å². The van der Waals surface area contributed by atoms with Crippen molar-refractivity contribution in [2.45, 2.75) is 25.7 Å². The van der Waals surface area contributed by atoms with Crippen molar-refractivity contribution in [1.82, 2.24) is 10.3 Å². The summed E-state index contributed by atoms with van der Waals surface area (Å²) in [6.45, 7) is 0.799. The Morgan fingerprint density at radius 3 is 2.82 bits per heavy atom. The molecule has 1 aromatic rings. The van der Waals surface area contributed by atoms with E-state index in [0.29, 0.717) is 16.9 Å². The molecule has 0 atom stereocenters. The van der Waals surface area contributed by atoms with Crippen molar-refractivity contribution < 1.29 is 4.79 Å². The average Bonchev–Trinajstić information content (AvgIpc) is 3.15. The fourth-order valence-electron chi connectivity index (χ4n) is 2.51. The molecule has 90 valence electrons. The lowest BCUT2D eigenvalue weighted by Gasteiger charge is -2.14. The number of carbonyl (C=O) groups excluding carboxylic acids is 1. The minimum Gasteiger partial charge on any atom is -0.384 e. The predicted molar refractivity (Wildman–Crippen MR) is 65.4 cm³/mol. The van der Waals surface area contributed by atoms with Crippen LogP contribution < -0.4 is 11.1 Å². The molecule has 2 aliphatic rings. The molecule has 1 aromatic heterocycles. The van der Waals surface area contributed by atoms with Crippen molar-refractivity contribution >= 4 is 11.7 Å². The van der Waals surface area contributed by atoms with E-state index >= 15 is 0 Å². The summed E-state index contributed by atoms with van der Waals surface area (Å²) in [4.78, 5) is 15.9. The second kappa shape index (κ2) is 3.72. The molecule has 1 heterocycles. The molecule has 0 saturated heterocycles. The summed E-state index contributed by atoms with van der Waals surface area (Å²) in [6.07, 6.45) is 5.21. The third-order valence-corrected chi connectivity index (χ3v) is 3.94. The summed E-state index contributed by atoms with van der Waals surface area (Å²) < 4.78 is 0. The lowest BCUT2D eigenvalue weighted by Crippen LogP contribution is -2.31. The normalized spacial score (nSPS) is 20.9. The summed E-state index contributed by atoms with van der Waals surface area (Å²) in [5, 5.41) is 2.99. The van der Waals surface area contributed by atoms with Crippen molar-refractivity contribution in [3.8, 4) is 0 Å². The molecule has 1 amide bonds. The number of aromatic nitrogens is 1. The van der Waals surface area contributed by atoms with Crippen molar-refractivity contribution in [3.63, 3.8) is 0 Å². The monoisotopic (exact) mass is 231 g/mol. The summed E-state index contributed by atoms with van der Waals surface area (Å²) in [7, 11) is 0. The Morgan fingerprint density at radius 2 is 2.24 bits per heavy atom. The van der Waals surface area contributed by atoms with Crippen LogP contribution in [-0.4, -0.2) is 17.4 Å². The van der Waals surface area contributed by atoms with Crippen LogP contribution in [-0.2, 0) is 0 Å². The minimum atomic E-state index is -0.107. The fraction of sp³-hybridized carbons (Fsp3) is 0.538. The van der Waals surface area contributed by atoms with Gasteiger partial charge in [-0.1, -0.05) is 6.07 Å². The van der Waals surface area contributed by atoms with Crippen molar-refractivity contribution in [2.24, 2.45) is 11.3 Å². The number of anilines is 1. The van der Waals surface area contributed by atoms with Crippen LogP contribution in [0.1, 0.15) is 36.2 Å². The maximum atomic E-state index is 11.9. The zero-order chi connectivity index (χ0) is 11.9. The summed E-state index contributed by atoms with van der Waals surface area (Å²) in [6, 6.07) is 5.14. The first-order valence-corrected chi connectivity index (χ1v) is 6.20. The Kier molecular flexibility index (Phi) is 2.31. The Hall–Kier alpha value is -1.58. The van der Waals surface area contributed by atoms with E-state index in [2.05, 4.69) is 10.3 Å². The highest BCUT2D eigenvalue weighted by molar-refractivity contribution is 5.92. The van der Waals surface area contributed by atoms with Gasteiger partial charge in [0.1, 0.15) is 11.5 Å². The van der Waals surface area contributed by atoms with Gasteiger partial charge in [-0.3, -0.25) is 4.79 Å². The van der Waals surface area contributed by atoms with E-state index < -0.39 is 0 Å². The number of pyridine rings is 1. The van der Waals surface area contributed by atoms with Gasteiger partial charge in [-0.15, -0.1) is 0 Å². The number of nitrogens with one attached hydrogen (secondary N) is 1. The van der Waals surface area contributed by atoms with E-state index in [9.17, 15) is 4.79 Å². The largest absolute Gasteiger partial charge is 0.384 e. The highest BCUT2D eigenvalue weighted by Crippen LogP contribution is 2.60. The zero-order valence-electron chi connectivity index (χ0n) is 9.78. The van der Waals surface area contributed by atoms with Gasteiger partial charge in [-0.05, 0) is 49.1 Å². The molecule has 4 heteroatoms. The van der Waals surface area contributed by atoms with Crippen LogP contribution >= 0.6 is 0 Å². The van der Waals surface area contributed by atoms with Crippen molar-refractivity contribution in [2.75, 3.05) is 12.3 Å². The van der Waals surface area contributed by atoms with Gasteiger partial charge in [0, 0.05) is 6.54 Å². The Balaban J connectivity index is 1.60. The molecule has 3 N–H and O–H groups in total. The molecule has 2 fully saturated rings. The van der Waals surface area contributed by atoms with E-state index in [1.165, 1.54) is 25.7 Å². The van der Waals surface area contributed by atoms with E-state index in [1.54, 1.807) is 18.2 Å². The number of hydrogen-bond acceptors (Lipinski definition) is 3. The van der Waals surface area contributed by atoms with Gasteiger partial charge in [0.05, 0.1) is 0 Å². The average molecular weight is 231 g/mol. The van der Waals surface area contributed by atoms with Gasteiger partial charge in [-0.2, -0.15) is 0 Å². The molecule has 0 aliphatic heterocycles. The fourth-order valence-corrected chi connectivity index (χ4v) is 2.51.